The van der Waals surface area contributed by atoms with Crippen LogP contribution in [0.5, 0.6) is 5.75 Å². The summed E-state index contributed by atoms with van der Waals surface area (Å²) in [6, 6.07) is 22.3. The van der Waals surface area contributed by atoms with Crippen molar-refractivity contribution in [3.8, 4) is 5.75 Å². The van der Waals surface area contributed by atoms with Crippen LogP contribution >= 0.6 is 0 Å². The number of phenols is 1. The molecule has 0 saturated carbocycles. The summed E-state index contributed by atoms with van der Waals surface area (Å²) in [4.78, 5) is 0. The molecule has 0 heterocycles. The lowest BCUT2D eigenvalue weighted by Gasteiger charge is -2.16. The lowest BCUT2D eigenvalue weighted by molar-refractivity contribution is 0.475. The molecule has 0 aliphatic rings. The molecule has 2 heteroatoms. The molecule has 1 unspecified atom stereocenters. The first-order valence-electron chi connectivity index (χ1n) is 7.23. The van der Waals surface area contributed by atoms with Crippen LogP contribution in [-0.4, -0.2) is 11.7 Å². The Kier molecular flexibility index (Phi) is 3.89. The van der Waals surface area contributed by atoms with Crippen LogP contribution in [0.4, 0.5) is 0 Å². The number of rotatable bonds is 4. The van der Waals surface area contributed by atoms with E-state index in [4.69, 9.17) is 5.73 Å². The second-order valence-electron chi connectivity index (χ2n) is 5.41. The third kappa shape index (κ3) is 3.06. The summed E-state index contributed by atoms with van der Waals surface area (Å²) in [5, 5.41) is 11.9. The van der Waals surface area contributed by atoms with E-state index >= 15 is 0 Å². The van der Waals surface area contributed by atoms with Gasteiger partial charge in [0.2, 0.25) is 0 Å². The molecule has 1 atom stereocenters. The molecule has 0 aromatic heterocycles. The number of benzene rings is 3. The molecule has 0 fully saturated rings. The molecular weight excluding hydrogens is 258 g/mol. The molecule has 0 aliphatic heterocycles. The van der Waals surface area contributed by atoms with E-state index in [9.17, 15) is 5.11 Å². The standard InChI is InChI=1S/C19H19NO/c20-13-18(11-14-5-9-19(21)10-6-14)17-8-7-15-3-1-2-4-16(15)12-17/h1-10,12,18,21H,11,13,20H2. The molecule has 0 amide bonds. The summed E-state index contributed by atoms with van der Waals surface area (Å²) in [5.74, 6) is 0.591. The summed E-state index contributed by atoms with van der Waals surface area (Å²) in [7, 11) is 0. The average molecular weight is 277 g/mol. The molecule has 106 valence electrons. The summed E-state index contributed by atoms with van der Waals surface area (Å²) in [6.45, 7) is 0.610. The Morgan fingerprint density at radius 1 is 0.857 bits per heavy atom. The first-order chi connectivity index (χ1) is 10.3. The molecule has 21 heavy (non-hydrogen) atoms. The van der Waals surface area contributed by atoms with E-state index < -0.39 is 0 Å². The molecule has 3 N–H and O–H groups in total. The SMILES string of the molecule is NCC(Cc1ccc(O)cc1)c1ccc2ccccc2c1. The van der Waals surface area contributed by atoms with Crippen molar-refractivity contribution >= 4 is 10.8 Å². The molecule has 3 rings (SSSR count). The first kappa shape index (κ1) is 13.7. The molecule has 0 bridgehead atoms. The molecule has 0 aliphatic carbocycles. The van der Waals surface area contributed by atoms with Crippen LogP contribution in [0.15, 0.2) is 66.7 Å². The summed E-state index contributed by atoms with van der Waals surface area (Å²) >= 11 is 0. The van der Waals surface area contributed by atoms with E-state index in [0.29, 0.717) is 18.2 Å². The Balaban J connectivity index is 1.88. The van der Waals surface area contributed by atoms with E-state index in [1.807, 2.05) is 12.1 Å². The van der Waals surface area contributed by atoms with Crippen molar-refractivity contribution in [2.75, 3.05) is 6.54 Å². The quantitative estimate of drug-likeness (QED) is 0.761. The maximum absolute atomic E-state index is 9.36. The van der Waals surface area contributed by atoms with Crippen molar-refractivity contribution < 1.29 is 5.11 Å². The fourth-order valence-electron chi connectivity index (χ4n) is 2.72. The summed E-state index contributed by atoms with van der Waals surface area (Å²) < 4.78 is 0. The van der Waals surface area contributed by atoms with E-state index in [2.05, 4.69) is 42.5 Å². The molecule has 0 saturated heterocycles. The molecule has 2 nitrogen and oxygen atoms in total. The Morgan fingerprint density at radius 3 is 2.29 bits per heavy atom. The second-order valence-corrected chi connectivity index (χ2v) is 5.41. The van der Waals surface area contributed by atoms with Crippen molar-refractivity contribution in [3.05, 3.63) is 77.9 Å². The minimum absolute atomic E-state index is 0.291. The third-order valence-electron chi connectivity index (χ3n) is 3.95. The van der Waals surface area contributed by atoms with E-state index in [1.165, 1.54) is 21.9 Å². The number of hydrogen-bond acceptors (Lipinski definition) is 2. The van der Waals surface area contributed by atoms with E-state index in [-0.39, 0.29) is 0 Å². The van der Waals surface area contributed by atoms with Crippen molar-refractivity contribution in [1.29, 1.82) is 0 Å². The monoisotopic (exact) mass is 277 g/mol. The maximum atomic E-state index is 9.36. The van der Waals surface area contributed by atoms with Gasteiger partial charge in [-0.05, 0) is 47.0 Å². The highest BCUT2D eigenvalue weighted by Gasteiger charge is 2.11. The number of nitrogens with two attached hydrogens (primary N) is 1. The molecular formula is C19H19NO. The van der Waals surface area contributed by atoms with E-state index in [1.54, 1.807) is 12.1 Å². The molecule has 3 aromatic rings. The van der Waals surface area contributed by atoms with Crippen molar-refractivity contribution in [1.82, 2.24) is 0 Å². The Hall–Kier alpha value is -2.32. The normalized spacial score (nSPS) is 12.4. The van der Waals surface area contributed by atoms with Crippen LogP contribution in [0, 0.1) is 0 Å². The van der Waals surface area contributed by atoms with Gasteiger partial charge in [-0.15, -0.1) is 0 Å². The fraction of sp³-hybridized carbons (Fsp3) is 0.158. The zero-order valence-electron chi connectivity index (χ0n) is 11.9. The number of aromatic hydroxyl groups is 1. The number of fused-ring (bicyclic) bond motifs is 1. The predicted molar refractivity (Wildman–Crippen MR) is 87.6 cm³/mol. The Labute approximate surface area is 124 Å². The van der Waals surface area contributed by atoms with Crippen LogP contribution in [-0.2, 0) is 6.42 Å². The summed E-state index contributed by atoms with van der Waals surface area (Å²) in [6.07, 6.45) is 0.884. The fourth-order valence-corrected chi connectivity index (χ4v) is 2.72. The lowest BCUT2D eigenvalue weighted by Crippen LogP contribution is -2.15. The van der Waals surface area contributed by atoms with Gasteiger partial charge in [-0.2, -0.15) is 0 Å². The topological polar surface area (TPSA) is 46.2 Å². The van der Waals surface area contributed by atoms with Gasteiger partial charge in [0.25, 0.3) is 0 Å². The van der Waals surface area contributed by atoms with Crippen LogP contribution in [0.2, 0.25) is 0 Å². The number of phenolic OH excluding ortho intramolecular Hbond substituents is 1. The Morgan fingerprint density at radius 2 is 1.57 bits per heavy atom. The van der Waals surface area contributed by atoms with Gasteiger partial charge in [0.15, 0.2) is 0 Å². The minimum Gasteiger partial charge on any atom is -0.508 e. The lowest BCUT2D eigenvalue weighted by atomic mass is 9.90. The van der Waals surface area contributed by atoms with Crippen LogP contribution in [0.1, 0.15) is 17.0 Å². The highest BCUT2D eigenvalue weighted by Crippen LogP contribution is 2.25. The highest BCUT2D eigenvalue weighted by molar-refractivity contribution is 5.83. The van der Waals surface area contributed by atoms with Gasteiger partial charge in [0, 0.05) is 5.92 Å². The van der Waals surface area contributed by atoms with Crippen LogP contribution in [0.3, 0.4) is 0 Å². The van der Waals surface area contributed by atoms with Gasteiger partial charge < -0.3 is 10.8 Å². The maximum Gasteiger partial charge on any atom is 0.115 e. The van der Waals surface area contributed by atoms with Crippen molar-refractivity contribution in [3.63, 3.8) is 0 Å². The Bertz CT molecular complexity index is 734. The predicted octanol–water partition coefficient (Wildman–Crippen LogP) is 3.83. The second kappa shape index (κ2) is 5.98. The number of hydrogen-bond donors (Lipinski definition) is 2. The van der Waals surface area contributed by atoms with Crippen LogP contribution in [0.25, 0.3) is 10.8 Å². The smallest absolute Gasteiger partial charge is 0.115 e. The molecule has 3 aromatic carbocycles. The highest BCUT2D eigenvalue weighted by atomic mass is 16.3. The van der Waals surface area contributed by atoms with Crippen molar-refractivity contribution in [2.45, 2.75) is 12.3 Å². The molecule has 0 radical (unpaired) electrons. The van der Waals surface area contributed by atoms with Gasteiger partial charge >= 0.3 is 0 Å². The van der Waals surface area contributed by atoms with Crippen molar-refractivity contribution in [2.24, 2.45) is 5.73 Å². The largest absolute Gasteiger partial charge is 0.508 e. The van der Waals surface area contributed by atoms with Gasteiger partial charge in [0.05, 0.1) is 0 Å². The van der Waals surface area contributed by atoms with Gasteiger partial charge in [-0.25, -0.2) is 0 Å². The minimum atomic E-state index is 0.291. The van der Waals surface area contributed by atoms with Gasteiger partial charge in [0.1, 0.15) is 5.75 Å². The average Bonchev–Trinajstić information content (AvgIpc) is 2.54. The van der Waals surface area contributed by atoms with Gasteiger partial charge in [-0.3, -0.25) is 0 Å². The van der Waals surface area contributed by atoms with E-state index in [0.717, 1.165) is 6.42 Å². The zero-order chi connectivity index (χ0) is 14.7. The van der Waals surface area contributed by atoms with Gasteiger partial charge in [-0.1, -0.05) is 54.6 Å². The van der Waals surface area contributed by atoms with Crippen LogP contribution < -0.4 is 5.73 Å². The third-order valence-corrected chi connectivity index (χ3v) is 3.95. The molecule has 0 spiro atoms. The zero-order valence-corrected chi connectivity index (χ0v) is 11.9. The summed E-state index contributed by atoms with van der Waals surface area (Å²) in [5.41, 5.74) is 8.44. The first-order valence-corrected chi connectivity index (χ1v) is 7.23.